The molecule has 0 aliphatic heterocycles. The van der Waals surface area contributed by atoms with Gasteiger partial charge in [0, 0.05) is 32.7 Å². The van der Waals surface area contributed by atoms with Crippen LogP contribution in [0.1, 0.15) is 30.1 Å². The quantitative estimate of drug-likeness (QED) is 0.582. The molecule has 0 N–H and O–H groups in total. The van der Waals surface area contributed by atoms with Crippen molar-refractivity contribution in [2.75, 3.05) is 0 Å². The number of rotatable bonds is 3. The van der Waals surface area contributed by atoms with Crippen LogP contribution >= 0.6 is 0 Å². The molecule has 1 rings (SSSR count). The van der Waals surface area contributed by atoms with Gasteiger partial charge in [-0.05, 0) is 12.8 Å². The zero-order chi connectivity index (χ0) is 8.10. The van der Waals surface area contributed by atoms with Crippen LogP contribution in [0.4, 0.5) is 0 Å². The van der Waals surface area contributed by atoms with Crippen LogP contribution in [-0.4, -0.2) is 5.78 Å². The van der Waals surface area contributed by atoms with Gasteiger partial charge >= 0.3 is 0 Å². The summed E-state index contributed by atoms with van der Waals surface area (Å²) in [5, 5.41) is 0. The Morgan fingerprint density at radius 3 is 2.83 bits per heavy atom. The minimum atomic E-state index is 0. The van der Waals surface area contributed by atoms with E-state index in [4.69, 9.17) is 0 Å². The zero-order valence-corrected chi connectivity index (χ0v) is 10.0. The summed E-state index contributed by atoms with van der Waals surface area (Å²) in [6.07, 6.45) is 1.55. The van der Waals surface area contributed by atoms with E-state index in [0.29, 0.717) is 6.42 Å². The number of hydrogen-bond donors (Lipinski definition) is 0. The molecule has 0 bridgehead atoms. The van der Waals surface area contributed by atoms with Crippen LogP contribution < -0.4 is 0 Å². The van der Waals surface area contributed by atoms with Gasteiger partial charge in [-0.1, -0.05) is 12.5 Å². The van der Waals surface area contributed by atoms with Crippen LogP contribution in [0.3, 0.4) is 0 Å². The minimum absolute atomic E-state index is 0. The molecule has 1 aromatic carbocycles. The van der Waals surface area contributed by atoms with E-state index < -0.39 is 0 Å². The van der Waals surface area contributed by atoms with Crippen molar-refractivity contribution in [2.24, 2.45) is 0 Å². The van der Waals surface area contributed by atoms with Crippen molar-refractivity contribution >= 4 is 5.78 Å². The zero-order valence-electron chi connectivity index (χ0n) is 7.21. The second-order valence-corrected chi connectivity index (χ2v) is 2.47. The molecular weight excluding hydrogens is 225 g/mol. The molecule has 1 aromatic rings. The van der Waals surface area contributed by atoms with Crippen molar-refractivity contribution in [2.45, 2.75) is 19.8 Å². The molecule has 0 atom stereocenters. The van der Waals surface area contributed by atoms with Gasteiger partial charge in [-0.15, -0.1) is 0 Å². The third kappa shape index (κ3) is 3.60. The fraction of sp³-hybridized carbons (Fsp3) is 0.300. The summed E-state index contributed by atoms with van der Waals surface area (Å²) < 4.78 is 0. The van der Waals surface area contributed by atoms with Gasteiger partial charge in [-0.3, -0.25) is 0 Å². The molecule has 1 nitrogen and oxygen atoms in total. The maximum atomic E-state index is 11.2. The van der Waals surface area contributed by atoms with Crippen molar-refractivity contribution < 1.29 is 37.5 Å². The van der Waals surface area contributed by atoms with E-state index in [2.05, 4.69) is 6.07 Å². The molecule has 0 saturated carbocycles. The number of Topliss-reactive ketones (excluding diaryl/α,β-unsaturated/α-hetero) is 1. The fourth-order valence-electron chi connectivity index (χ4n) is 0.938. The molecule has 0 aliphatic rings. The van der Waals surface area contributed by atoms with Gasteiger partial charge < -0.3 is 4.79 Å². The van der Waals surface area contributed by atoms with Gasteiger partial charge in [0.2, 0.25) is 0 Å². The van der Waals surface area contributed by atoms with Gasteiger partial charge in [-0.2, -0.15) is 30.3 Å². The Morgan fingerprint density at radius 2 is 2.33 bits per heavy atom. The first-order valence-corrected chi connectivity index (χ1v) is 3.84. The van der Waals surface area contributed by atoms with Crippen molar-refractivity contribution in [1.29, 1.82) is 0 Å². The Kier molecular flexibility index (Phi) is 6.50. The van der Waals surface area contributed by atoms with E-state index in [1.807, 2.05) is 19.1 Å². The number of carbonyl (C=O) groups excluding carboxylic acids is 1. The Balaban J connectivity index is 0.00000121. The average Bonchev–Trinajstić information content (AvgIpc) is 2.07. The van der Waals surface area contributed by atoms with Crippen LogP contribution in [0.25, 0.3) is 0 Å². The van der Waals surface area contributed by atoms with Crippen LogP contribution in [-0.2, 0) is 32.7 Å². The Bertz CT molecular complexity index is 231. The van der Waals surface area contributed by atoms with Crippen molar-refractivity contribution in [3.63, 3.8) is 0 Å². The molecule has 1 radical (unpaired) electrons. The van der Waals surface area contributed by atoms with E-state index in [-0.39, 0.29) is 38.5 Å². The summed E-state index contributed by atoms with van der Waals surface area (Å²) in [6.45, 7) is 2.00. The summed E-state index contributed by atoms with van der Waals surface area (Å²) in [6, 6.07) is 10.1. The smallest absolute Gasteiger partial charge is 0.108 e. The van der Waals surface area contributed by atoms with E-state index >= 15 is 0 Å². The predicted molar refractivity (Wildman–Crippen MR) is 44.5 cm³/mol. The van der Waals surface area contributed by atoms with E-state index in [0.717, 1.165) is 12.0 Å². The third-order valence-corrected chi connectivity index (χ3v) is 1.51. The Morgan fingerprint density at radius 1 is 1.58 bits per heavy atom. The van der Waals surface area contributed by atoms with Crippen LogP contribution in [0, 0.1) is 6.07 Å². The molecule has 0 unspecified atom stereocenters. The second-order valence-electron chi connectivity index (χ2n) is 2.47. The van der Waals surface area contributed by atoms with Crippen molar-refractivity contribution in [1.82, 2.24) is 0 Å². The summed E-state index contributed by atoms with van der Waals surface area (Å²) in [5.41, 5.74) is 0.773. The van der Waals surface area contributed by atoms with E-state index in [1.165, 1.54) is 0 Å². The molecule has 12 heavy (non-hydrogen) atoms. The molecule has 0 amide bonds. The molecule has 0 fully saturated rings. The Labute approximate surface area is 98.4 Å². The molecule has 2 heteroatoms. The standard InChI is InChI=1S/C10H11O.Y/c1-2-6-10(11)9-7-4-3-5-8-9;/h3-4,7-8H,2,6H2,1H3;/q-1;. The van der Waals surface area contributed by atoms with Crippen molar-refractivity contribution in [3.8, 4) is 0 Å². The summed E-state index contributed by atoms with van der Waals surface area (Å²) in [4.78, 5) is 11.2. The van der Waals surface area contributed by atoms with Gasteiger partial charge in [-0.25, -0.2) is 0 Å². The molecule has 0 aliphatic carbocycles. The fourth-order valence-corrected chi connectivity index (χ4v) is 0.938. The van der Waals surface area contributed by atoms with Gasteiger partial charge in [0.15, 0.2) is 0 Å². The van der Waals surface area contributed by atoms with Crippen LogP contribution in [0.5, 0.6) is 0 Å². The Hall–Kier alpha value is -0.00610. The first-order chi connectivity index (χ1) is 5.34. The molecule has 0 heterocycles. The molecule has 61 valence electrons. The number of hydrogen-bond acceptors (Lipinski definition) is 1. The van der Waals surface area contributed by atoms with E-state index in [9.17, 15) is 4.79 Å². The SMILES string of the molecule is CCCC(=O)c1c[c-]ccc1.[Y]. The number of benzene rings is 1. The maximum absolute atomic E-state index is 11.2. The molecule has 0 spiro atoms. The van der Waals surface area contributed by atoms with Gasteiger partial charge in [0.25, 0.3) is 0 Å². The maximum Gasteiger partial charge on any atom is 0.108 e. The van der Waals surface area contributed by atoms with Gasteiger partial charge in [0.05, 0.1) is 0 Å². The average molecular weight is 236 g/mol. The first kappa shape index (κ1) is 12.0. The second kappa shape index (κ2) is 6.50. The summed E-state index contributed by atoms with van der Waals surface area (Å²) >= 11 is 0. The summed E-state index contributed by atoms with van der Waals surface area (Å²) in [7, 11) is 0. The van der Waals surface area contributed by atoms with Crippen LogP contribution in [0.15, 0.2) is 24.3 Å². The predicted octanol–water partition coefficient (Wildman–Crippen LogP) is 2.47. The monoisotopic (exact) mass is 236 g/mol. The number of ketones is 1. The van der Waals surface area contributed by atoms with Crippen LogP contribution in [0.2, 0.25) is 0 Å². The normalized spacial score (nSPS) is 8.75. The first-order valence-electron chi connectivity index (χ1n) is 3.84. The molecule has 0 aromatic heterocycles. The minimum Gasteiger partial charge on any atom is -0.309 e. The molecular formula is C10H11OY-. The third-order valence-electron chi connectivity index (χ3n) is 1.51. The molecule has 0 saturated heterocycles. The van der Waals surface area contributed by atoms with Gasteiger partial charge in [0.1, 0.15) is 5.78 Å². The topological polar surface area (TPSA) is 17.1 Å². The largest absolute Gasteiger partial charge is 0.309 e. The number of carbonyl (C=O) groups is 1. The van der Waals surface area contributed by atoms with Crippen molar-refractivity contribution in [3.05, 3.63) is 35.9 Å². The summed E-state index contributed by atoms with van der Waals surface area (Å²) in [5.74, 6) is 0.212. The van der Waals surface area contributed by atoms with E-state index in [1.54, 1.807) is 12.1 Å².